The van der Waals surface area contributed by atoms with Crippen LogP contribution in [0.15, 0.2) is 55.2 Å². The van der Waals surface area contributed by atoms with Gasteiger partial charge in [0.15, 0.2) is 5.65 Å². The van der Waals surface area contributed by atoms with Crippen molar-refractivity contribution in [1.29, 1.82) is 0 Å². The Morgan fingerprint density at radius 2 is 1.88 bits per heavy atom. The van der Waals surface area contributed by atoms with Crippen molar-refractivity contribution in [2.24, 2.45) is 5.92 Å². The number of fused-ring (bicyclic) bond motifs is 1. The zero-order valence-electron chi connectivity index (χ0n) is 18.4. The minimum Gasteiger partial charge on any atom is -0.343 e. The van der Waals surface area contributed by atoms with E-state index in [-0.39, 0.29) is 6.04 Å². The molecule has 172 valence electrons. The molecule has 0 bridgehead atoms. The molecule has 1 aromatic carbocycles. The Kier molecular flexibility index (Phi) is 5.44. The van der Waals surface area contributed by atoms with E-state index in [1.54, 1.807) is 47.7 Å². The number of halogens is 3. The third kappa shape index (κ3) is 4.13. The number of imidazole rings is 1. The van der Waals surface area contributed by atoms with Gasteiger partial charge in [0.05, 0.1) is 29.6 Å². The van der Waals surface area contributed by atoms with Crippen LogP contribution >= 0.6 is 0 Å². The highest BCUT2D eigenvalue weighted by atomic mass is 19.4. The van der Waals surface area contributed by atoms with Crippen molar-refractivity contribution in [3.63, 3.8) is 0 Å². The Hall–Kier alpha value is -3.20. The SMILES string of the molecule is CC(C)N1CCC(C(c2ccc(-n3cc(-c4ccnc5nc[nH]c45)cn3)cc2)C(F)(F)F)C1. The lowest BCUT2D eigenvalue weighted by atomic mass is 9.84. The summed E-state index contributed by atoms with van der Waals surface area (Å²) >= 11 is 0. The molecule has 0 aliphatic carbocycles. The number of benzene rings is 1. The molecule has 2 atom stereocenters. The lowest BCUT2D eigenvalue weighted by molar-refractivity contribution is -0.161. The van der Waals surface area contributed by atoms with E-state index in [9.17, 15) is 13.2 Å². The van der Waals surface area contributed by atoms with E-state index in [1.807, 2.05) is 26.1 Å². The van der Waals surface area contributed by atoms with Crippen LogP contribution in [0, 0.1) is 5.92 Å². The van der Waals surface area contributed by atoms with Gasteiger partial charge in [-0.05, 0) is 56.5 Å². The van der Waals surface area contributed by atoms with Gasteiger partial charge in [0.2, 0.25) is 0 Å². The normalized spacial score (nSPS) is 18.4. The first-order valence-electron chi connectivity index (χ1n) is 11.1. The third-order valence-electron chi connectivity index (χ3n) is 6.55. The lowest BCUT2D eigenvalue weighted by Crippen LogP contribution is -2.33. The van der Waals surface area contributed by atoms with Gasteiger partial charge in [-0.15, -0.1) is 0 Å². The fraction of sp³-hybridized carbons (Fsp3) is 0.375. The van der Waals surface area contributed by atoms with Crippen molar-refractivity contribution in [2.75, 3.05) is 13.1 Å². The summed E-state index contributed by atoms with van der Waals surface area (Å²) in [6.07, 6.45) is 3.12. The Labute approximate surface area is 189 Å². The molecule has 1 fully saturated rings. The number of alkyl halides is 3. The zero-order valence-corrected chi connectivity index (χ0v) is 18.4. The molecule has 1 saturated heterocycles. The first-order chi connectivity index (χ1) is 15.8. The molecule has 4 heterocycles. The number of nitrogens with one attached hydrogen (secondary N) is 1. The molecule has 1 aliphatic rings. The van der Waals surface area contributed by atoms with E-state index in [0.717, 1.165) is 16.6 Å². The minimum absolute atomic E-state index is 0.253. The number of hydrogen-bond acceptors (Lipinski definition) is 4. The van der Waals surface area contributed by atoms with Crippen LogP contribution in [-0.2, 0) is 0 Å². The van der Waals surface area contributed by atoms with E-state index >= 15 is 0 Å². The molecule has 0 radical (unpaired) electrons. The first-order valence-corrected chi connectivity index (χ1v) is 11.1. The highest BCUT2D eigenvalue weighted by Gasteiger charge is 2.47. The van der Waals surface area contributed by atoms with Gasteiger partial charge in [-0.25, -0.2) is 14.6 Å². The average Bonchev–Trinajstić information content (AvgIpc) is 3.53. The minimum atomic E-state index is -4.28. The van der Waals surface area contributed by atoms with Crippen LogP contribution in [0.2, 0.25) is 0 Å². The van der Waals surface area contributed by atoms with E-state index < -0.39 is 18.0 Å². The summed E-state index contributed by atoms with van der Waals surface area (Å²) in [6, 6.07) is 8.72. The molecule has 3 aromatic heterocycles. The quantitative estimate of drug-likeness (QED) is 0.451. The Morgan fingerprint density at radius 1 is 1.09 bits per heavy atom. The van der Waals surface area contributed by atoms with Gasteiger partial charge >= 0.3 is 6.18 Å². The van der Waals surface area contributed by atoms with Crippen LogP contribution in [0.4, 0.5) is 13.2 Å². The van der Waals surface area contributed by atoms with E-state index in [2.05, 4.69) is 25.0 Å². The molecule has 5 rings (SSSR count). The molecule has 0 spiro atoms. The number of aromatic nitrogens is 5. The van der Waals surface area contributed by atoms with Crippen LogP contribution in [0.5, 0.6) is 0 Å². The Morgan fingerprint density at radius 3 is 2.58 bits per heavy atom. The number of hydrogen-bond donors (Lipinski definition) is 1. The predicted molar refractivity (Wildman–Crippen MR) is 120 cm³/mol. The second kappa shape index (κ2) is 8.30. The summed E-state index contributed by atoms with van der Waals surface area (Å²) in [6.45, 7) is 5.24. The summed E-state index contributed by atoms with van der Waals surface area (Å²) in [5.74, 6) is -1.90. The van der Waals surface area contributed by atoms with Crippen molar-refractivity contribution in [1.82, 2.24) is 29.6 Å². The smallest absolute Gasteiger partial charge is 0.343 e. The lowest BCUT2D eigenvalue weighted by Gasteiger charge is -2.28. The zero-order chi connectivity index (χ0) is 23.2. The number of rotatable bonds is 5. The number of pyridine rings is 1. The molecular weight excluding hydrogens is 429 g/mol. The molecule has 2 unspecified atom stereocenters. The summed E-state index contributed by atoms with van der Waals surface area (Å²) in [5.41, 5.74) is 4.22. The Balaban J connectivity index is 1.41. The number of aromatic amines is 1. The summed E-state index contributed by atoms with van der Waals surface area (Å²) < 4.78 is 43.8. The number of H-pyrrole nitrogens is 1. The van der Waals surface area contributed by atoms with Gasteiger partial charge in [0, 0.05) is 36.1 Å². The molecule has 1 N–H and O–H groups in total. The molecule has 6 nitrogen and oxygen atoms in total. The number of nitrogens with zero attached hydrogens (tertiary/aromatic N) is 5. The average molecular weight is 455 g/mol. The van der Waals surface area contributed by atoms with Gasteiger partial charge in [0.1, 0.15) is 0 Å². The van der Waals surface area contributed by atoms with Crippen LogP contribution in [0.1, 0.15) is 31.7 Å². The van der Waals surface area contributed by atoms with Gasteiger partial charge < -0.3 is 9.88 Å². The molecule has 9 heteroatoms. The Bertz CT molecular complexity index is 1240. The number of likely N-dealkylation sites (tertiary alicyclic amines) is 1. The maximum absolute atomic E-state index is 14.1. The summed E-state index contributed by atoms with van der Waals surface area (Å²) in [7, 11) is 0. The fourth-order valence-corrected chi connectivity index (χ4v) is 4.81. The molecule has 1 aliphatic heterocycles. The van der Waals surface area contributed by atoms with E-state index in [0.29, 0.717) is 36.4 Å². The molecule has 33 heavy (non-hydrogen) atoms. The maximum Gasteiger partial charge on any atom is 0.396 e. The van der Waals surface area contributed by atoms with E-state index in [1.165, 1.54) is 0 Å². The van der Waals surface area contributed by atoms with Gasteiger partial charge in [-0.1, -0.05) is 12.1 Å². The predicted octanol–water partition coefficient (Wildman–Crippen LogP) is 5.19. The fourth-order valence-electron chi connectivity index (χ4n) is 4.81. The van der Waals surface area contributed by atoms with Gasteiger partial charge in [0.25, 0.3) is 0 Å². The van der Waals surface area contributed by atoms with Crippen LogP contribution in [-0.4, -0.2) is 54.9 Å². The van der Waals surface area contributed by atoms with Crippen LogP contribution in [0.25, 0.3) is 28.0 Å². The monoisotopic (exact) mass is 454 g/mol. The third-order valence-corrected chi connectivity index (χ3v) is 6.55. The topological polar surface area (TPSA) is 62.6 Å². The van der Waals surface area contributed by atoms with Crippen molar-refractivity contribution in [3.8, 4) is 16.8 Å². The van der Waals surface area contributed by atoms with Crippen molar-refractivity contribution >= 4 is 11.2 Å². The second-order valence-corrected chi connectivity index (χ2v) is 8.88. The maximum atomic E-state index is 14.1. The highest BCUT2D eigenvalue weighted by molar-refractivity contribution is 5.88. The largest absolute Gasteiger partial charge is 0.396 e. The molecule has 0 saturated carbocycles. The molecule has 0 amide bonds. The van der Waals surface area contributed by atoms with Gasteiger partial charge in [-0.2, -0.15) is 18.3 Å². The highest BCUT2D eigenvalue weighted by Crippen LogP contribution is 2.44. The first kappa shape index (κ1) is 21.6. The van der Waals surface area contributed by atoms with Crippen molar-refractivity contribution in [3.05, 3.63) is 60.8 Å². The van der Waals surface area contributed by atoms with Gasteiger partial charge in [-0.3, -0.25) is 0 Å². The summed E-state index contributed by atoms with van der Waals surface area (Å²) in [4.78, 5) is 13.6. The van der Waals surface area contributed by atoms with Crippen molar-refractivity contribution < 1.29 is 13.2 Å². The standard InChI is InChI=1S/C24H25F3N6/c1-15(2)32-10-8-17(12-32)21(24(25,26)27)16-3-5-19(6-4-16)33-13-18(11-31-33)20-7-9-28-23-22(20)29-14-30-23/h3-7,9,11,13-15,17,21H,8,10,12H2,1-2H3,(H,28,29,30). The summed E-state index contributed by atoms with van der Waals surface area (Å²) in [5, 5.41) is 4.42. The van der Waals surface area contributed by atoms with Crippen LogP contribution in [0.3, 0.4) is 0 Å². The van der Waals surface area contributed by atoms with E-state index in [4.69, 9.17) is 0 Å². The second-order valence-electron chi connectivity index (χ2n) is 8.88. The van der Waals surface area contributed by atoms with Crippen LogP contribution < -0.4 is 0 Å². The molecular formula is C24H25F3N6. The van der Waals surface area contributed by atoms with Crippen molar-refractivity contribution in [2.45, 2.75) is 38.4 Å². The molecule has 4 aromatic rings.